The molecule has 0 N–H and O–H groups in total. The van der Waals surface area contributed by atoms with Gasteiger partial charge in [-0.15, -0.1) is 0 Å². The Morgan fingerprint density at radius 2 is 0.885 bits per heavy atom. The van der Waals surface area contributed by atoms with Gasteiger partial charge >= 0.3 is 0 Å². The molecule has 0 amide bonds. The van der Waals surface area contributed by atoms with E-state index in [0.29, 0.717) is 5.82 Å². The normalized spacial score (nSPS) is 11.5. The number of hydrogen-bond acceptors (Lipinski definition) is 2. The van der Waals surface area contributed by atoms with Crippen molar-refractivity contribution in [1.82, 2.24) is 19.1 Å². The molecule has 0 radical (unpaired) electrons. The molecule has 0 spiro atoms. The molecule has 3 heterocycles. The van der Waals surface area contributed by atoms with Crippen LogP contribution in [0.1, 0.15) is 5.56 Å². The average Bonchev–Trinajstić information content (AvgIpc) is 3.74. The van der Waals surface area contributed by atoms with Crippen molar-refractivity contribution in [2.24, 2.45) is 0 Å². The molecule has 4 heteroatoms. The molecule has 0 unspecified atom stereocenters. The maximum atomic E-state index is 5.28. The van der Waals surface area contributed by atoms with E-state index in [1.54, 1.807) is 0 Å². The summed E-state index contributed by atoms with van der Waals surface area (Å²) in [5.74, 6) is 0.678. The molecular formula is C48H32N4. The molecule has 0 aliphatic carbocycles. The highest BCUT2D eigenvalue weighted by Gasteiger charge is 2.17. The molecule has 3 aromatic heterocycles. The first kappa shape index (κ1) is 29.8. The van der Waals surface area contributed by atoms with Gasteiger partial charge in [0.2, 0.25) is 0 Å². The van der Waals surface area contributed by atoms with Crippen LogP contribution in [0.5, 0.6) is 0 Å². The minimum Gasteiger partial charge on any atom is -0.309 e. The van der Waals surface area contributed by atoms with Crippen LogP contribution in [0.2, 0.25) is 0 Å². The quantitative estimate of drug-likeness (QED) is 0.177. The van der Waals surface area contributed by atoms with E-state index >= 15 is 0 Å². The van der Waals surface area contributed by atoms with Crippen molar-refractivity contribution < 1.29 is 0 Å². The molecular weight excluding hydrogens is 633 g/mol. The lowest BCUT2D eigenvalue weighted by atomic mass is 10.1. The average molecular weight is 665 g/mol. The fraction of sp³-hybridized carbons (Fsp3) is 0. The Hall–Kier alpha value is -7.04. The van der Waals surface area contributed by atoms with Gasteiger partial charge in [0.15, 0.2) is 5.82 Å². The molecule has 0 saturated carbocycles. The fourth-order valence-electron chi connectivity index (χ4n) is 7.77. The summed E-state index contributed by atoms with van der Waals surface area (Å²) >= 11 is 0. The smallest absolute Gasteiger partial charge is 0.160 e. The summed E-state index contributed by atoms with van der Waals surface area (Å²) in [5, 5.41) is 4.88. The Morgan fingerprint density at radius 1 is 0.404 bits per heavy atom. The molecule has 10 rings (SSSR count). The highest BCUT2D eigenvalue weighted by atomic mass is 15.0. The highest BCUT2D eigenvalue weighted by Crippen LogP contribution is 2.37. The van der Waals surface area contributed by atoms with E-state index in [1.165, 1.54) is 32.6 Å². The van der Waals surface area contributed by atoms with Crippen LogP contribution in [0, 0.1) is 0 Å². The summed E-state index contributed by atoms with van der Waals surface area (Å²) in [7, 11) is 0. The number of para-hydroxylation sites is 3. The molecule has 0 aliphatic rings. The van der Waals surface area contributed by atoms with E-state index in [4.69, 9.17) is 9.97 Å². The van der Waals surface area contributed by atoms with E-state index in [2.05, 4.69) is 186 Å². The Bertz CT molecular complexity index is 2930. The third kappa shape index (κ3) is 4.77. The van der Waals surface area contributed by atoms with Crippen LogP contribution in [-0.2, 0) is 0 Å². The van der Waals surface area contributed by atoms with Crippen LogP contribution < -0.4 is 0 Å². The SMILES string of the molecule is C=Cc1cccc2c1c1ccccc1n2-c1cccc(-c2cc(-c3ccccc3)nc(-c3cccc(-n4c5ccccc5c5ccccc54)c3)n2)c1. The van der Waals surface area contributed by atoms with Crippen LogP contribution in [0.25, 0.3) is 95.0 Å². The standard InChI is InChI=1S/C48H32N4/c1-2-32-17-14-28-46-47(32)40-24-8-11-27-45(40)52(46)36-20-12-18-34(29-36)42-31-41(33-15-4-3-5-16-33)49-48(50-42)35-19-13-21-37(30-35)51-43-25-9-6-22-38(43)39-23-7-10-26-44(39)51/h2-31H,1H2. The zero-order chi connectivity index (χ0) is 34.6. The van der Waals surface area contributed by atoms with Gasteiger partial charge in [0, 0.05) is 49.6 Å². The minimum absolute atomic E-state index is 0.678. The van der Waals surface area contributed by atoms with Crippen LogP contribution in [0.4, 0.5) is 0 Å². The predicted molar refractivity (Wildman–Crippen MR) is 217 cm³/mol. The fourth-order valence-corrected chi connectivity index (χ4v) is 7.77. The lowest BCUT2D eigenvalue weighted by Crippen LogP contribution is -1.99. The Labute approximate surface area is 301 Å². The summed E-state index contributed by atoms with van der Waals surface area (Å²) in [6.07, 6.45) is 1.94. The zero-order valence-electron chi connectivity index (χ0n) is 28.3. The van der Waals surface area contributed by atoms with E-state index < -0.39 is 0 Å². The molecule has 244 valence electrons. The van der Waals surface area contributed by atoms with Crippen molar-refractivity contribution in [3.8, 4) is 45.3 Å². The van der Waals surface area contributed by atoms with E-state index in [-0.39, 0.29) is 0 Å². The maximum Gasteiger partial charge on any atom is 0.160 e. The molecule has 0 bridgehead atoms. The third-order valence-electron chi connectivity index (χ3n) is 10.1. The first-order chi connectivity index (χ1) is 25.7. The van der Waals surface area contributed by atoms with Crippen molar-refractivity contribution in [1.29, 1.82) is 0 Å². The Morgan fingerprint density at radius 3 is 1.56 bits per heavy atom. The molecule has 0 aliphatic heterocycles. The van der Waals surface area contributed by atoms with Gasteiger partial charge in [0.05, 0.1) is 33.5 Å². The monoisotopic (exact) mass is 664 g/mol. The number of aromatic nitrogens is 4. The Kier molecular flexibility index (Phi) is 6.93. The maximum absolute atomic E-state index is 5.28. The highest BCUT2D eigenvalue weighted by molar-refractivity contribution is 6.13. The van der Waals surface area contributed by atoms with Gasteiger partial charge in [-0.1, -0.05) is 134 Å². The second-order valence-electron chi connectivity index (χ2n) is 13.1. The van der Waals surface area contributed by atoms with Gasteiger partial charge in [-0.25, -0.2) is 9.97 Å². The van der Waals surface area contributed by atoms with Crippen LogP contribution in [-0.4, -0.2) is 19.1 Å². The van der Waals surface area contributed by atoms with E-state index in [9.17, 15) is 0 Å². The molecule has 0 fully saturated rings. The first-order valence-electron chi connectivity index (χ1n) is 17.5. The van der Waals surface area contributed by atoms with Gasteiger partial charge in [-0.3, -0.25) is 0 Å². The molecule has 0 saturated heterocycles. The predicted octanol–water partition coefficient (Wildman–Crippen LogP) is 12.3. The van der Waals surface area contributed by atoms with Gasteiger partial charge in [0.25, 0.3) is 0 Å². The molecule has 4 nitrogen and oxygen atoms in total. The van der Waals surface area contributed by atoms with Crippen LogP contribution >= 0.6 is 0 Å². The van der Waals surface area contributed by atoms with Crippen molar-refractivity contribution >= 4 is 49.7 Å². The van der Waals surface area contributed by atoms with E-state index in [0.717, 1.165) is 56.0 Å². The number of fused-ring (bicyclic) bond motifs is 6. The van der Waals surface area contributed by atoms with Crippen molar-refractivity contribution in [3.63, 3.8) is 0 Å². The third-order valence-corrected chi connectivity index (χ3v) is 10.1. The molecule has 7 aromatic carbocycles. The van der Waals surface area contributed by atoms with Crippen LogP contribution in [0.15, 0.2) is 183 Å². The van der Waals surface area contributed by atoms with Gasteiger partial charge in [-0.2, -0.15) is 0 Å². The lowest BCUT2D eigenvalue weighted by Gasteiger charge is -2.13. The van der Waals surface area contributed by atoms with Gasteiger partial charge < -0.3 is 9.13 Å². The van der Waals surface area contributed by atoms with Crippen molar-refractivity contribution in [2.45, 2.75) is 0 Å². The zero-order valence-corrected chi connectivity index (χ0v) is 28.3. The van der Waals surface area contributed by atoms with Gasteiger partial charge in [0.1, 0.15) is 0 Å². The first-order valence-corrected chi connectivity index (χ1v) is 17.5. The number of benzene rings is 7. The second-order valence-corrected chi connectivity index (χ2v) is 13.1. The topological polar surface area (TPSA) is 35.6 Å². The molecule has 10 aromatic rings. The summed E-state index contributed by atoms with van der Waals surface area (Å²) < 4.78 is 4.68. The van der Waals surface area contributed by atoms with Gasteiger partial charge in [-0.05, 0) is 60.2 Å². The molecule has 0 atom stereocenters. The summed E-state index contributed by atoms with van der Waals surface area (Å²) in [6, 6.07) is 61.9. The largest absolute Gasteiger partial charge is 0.309 e. The van der Waals surface area contributed by atoms with E-state index in [1.807, 2.05) is 12.1 Å². The summed E-state index contributed by atoms with van der Waals surface area (Å²) in [6.45, 7) is 4.11. The van der Waals surface area contributed by atoms with Crippen LogP contribution in [0.3, 0.4) is 0 Å². The summed E-state index contributed by atoms with van der Waals surface area (Å²) in [4.78, 5) is 10.5. The summed E-state index contributed by atoms with van der Waals surface area (Å²) in [5.41, 5.74) is 12.6. The Balaban J connectivity index is 1.16. The minimum atomic E-state index is 0.678. The second kappa shape index (κ2) is 12.1. The molecule has 52 heavy (non-hydrogen) atoms. The van der Waals surface area contributed by atoms with Crippen molar-refractivity contribution in [3.05, 3.63) is 188 Å². The number of nitrogens with zero attached hydrogens (tertiary/aromatic N) is 4. The number of rotatable bonds is 6. The number of hydrogen-bond donors (Lipinski definition) is 0. The van der Waals surface area contributed by atoms with Crippen molar-refractivity contribution in [2.75, 3.05) is 0 Å². The lowest BCUT2D eigenvalue weighted by molar-refractivity contribution is 1.15.